The molecule has 0 aliphatic heterocycles. The van der Waals surface area contributed by atoms with E-state index in [0.717, 1.165) is 24.0 Å². The molecule has 60 valence electrons. The molecular weight excluding hydrogens is 406 g/mol. The Balaban J connectivity index is 3.21. The standard InChI is InChI=1S/C7H4Br2ClI/c8-3-4-1-5(9)7(11)2-6(4)10/h1-2H,3H2. The quantitative estimate of drug-likeness (QED) is 0.361. The van der Waals surface area contributed by atoms with E-state index in [9.17, 15) is 0 Å². The van der Waals surface area contributed by atoms with Crippen molar-refractivity contribution in [1.82, 2.24) is 0 Å². The fraction of sp³-hybridized carbons (Fsp3) is 0.143. The highest BCUT2D eigenvalue weighted by Gasteiger charge is 2.02. The van der Waals surface area contributed by atoms with Gasteiger partial charge in [0.1, 0.15) is 0 Å². The first-order valence-electron chi connectivity index (χ1n) is 2.84. The number of hydrogen-bond donors (Lipinski definition) is 0. The number of halogens is 4. The largest absolute Gasteiger partial charge is 0.0876 e. The molecule has 4 heteroatoms. The minimum Gasteiger partial charge on any atom is -0.0876 e. The Kier molecular flexibility index (Phi) is 4.15. The van der Waals surface area contributed by atoms with Crippen LogP contribution in [-0.4, -0.2) is 0 Å². The van der Waals surface area contributed by atoms with Crippen LogP contribution >= 0.6 is 66.1 Å². The molecule has 11 heavy (non-hydrogen) atoms. The summed E-state index contributed by atoms with van der Waals surface area (Å²) in [6.45, 7) is 0. The predicted octanol–water partition coefficient (Wildman–Crippen LogP) is 4.60. The lowest BCUT2D eigenvalue weighted by atomic mass is 10.2. The molecule has 0 bridgehead atoms. The molecule has 0 aliphatic carbocycles. The van der Waals surface area contributed by atoms with Gasteiger partial charge in [-0.2, -0.15) is 0 Å². The van der Waals surface area contributed by atoms with Crippen LogP contribution in [0.1, 0.15) is 5.56 Å². The zero-order chi connectivity index (χ0) is 8.43. The summed E-state index contributed by atoms with van der Waals surface area (Å²) >= 11 is 15.0. The van der Waals surface area contributed by atoms with Crippen LogP contribution in [0.25, 0.3) is 0 Å². The average molecular weight is 410 g/mol. The summed E-state index contributed by atoms with van der Waals surface area (Å²) in [6, 6.07) is 3.97. The maximum atomic E-state index is 5.95. The monoisotopic (exact) mass is 408 g/mol. The normalized spacial score (nSPS) is 10.2. The summed E-state index contributed by atoms with van der Waals surface area (Å²) in [6.07, 6.45) is 0. The average Bonchev–Trinajstić information content (AvgIpc) is 1.97. The highest BCUT2D eigenvalue weighted by molar-refractivity contribution is 14.1. The highest BCUT2D eigenvalue weighted by Crippen LogP contribution is 2.27. The second-order valence-corrected chi connectivity index (χ2v) is 4.98. The van der Waals surface area contributed by atoms with E-state index in [1.807, 2.05) is 12.1 Å². The molecule has 0 saturated carbocycles. The van der Waals surface area contributed by atoms with Crippen molar-refractivity contribution in [1.29, 1.82) is 0 Å². The lowest BCUT2D eigenvalue weighted by molar-refractivity contribution is 1.40. The number of hydrogen-bond acceptors (Lipinski definition) is 0. The maximum absolute atomic E-state index is 5.95. The Bertz CT molecular complexity index is 275. The van der Waals surface area contributed by atoms with Gasteiger partial charge in [-0.1, -0.05) is 27.5 Å². The molecule has 0 spiro atoms. The third-order valence-corrected chi connectivity index (χ3v) is 4.48. The molecule has 0 nitrogen and oxygen atoms in total. The minimum absolute atomic E-state index is 0.793. The number of rotatable bonds is 1. The zero-order valence-corrected chi connectivity index (χ0v) is 11.5. The van der Waals surface area contributed by atoms with Gasteiger partial charge in [0.15, 0.2) is 0 Å². The van der Waals surface area contributed by atoms with E-state index < -0.39 is 0 Å². The second kappa shape index (κ2) is 4.44. The summed E-state index contributed by atoms with van der Waals surface area (Å²) < 4.78 is 2.23. The molecule has 0 heterocycles. The SMILES string of the molecule is Clc1cc(I)c(Br)cc1CBr. The smallest absolute Gasteiger partial charge is 0.0457 e. The van der Waals surface area contributed by atoms with Gasteiger partial charge in [0, 0.05) is 18.4 Å². The van der Waals surface area contributed by atoms with E-state index in [1.54, 1.807) is 0 Å². The van der Waals surface area contributed by atoms with Crippen LogP contribution in [0, 0.1) is 3.57 Å². The van der Waals surface area contributed by atoms with Gasteiger partial charge in [-0.3, -0.25) is 0 Å². The van der Waals surface area contributed by atoms with E-state index in [4.69, 9.17) is 11.6 Å². The van der Waals surface area contributed by atoms with Crippen LogP contribution in [0.5, 0.6) is 0 Å². The van der Waals surface area contributed by atoms with Gasteiger partial charge >= 0.3 is 0 Å². The van der Waals surface area contributed by atoms with Gasteiger partial charge in [-0.15, -0.1) is 0 Å². The summed E-state index contributed by atoms with van der Waals surface area (Å²) in [5.41, 5.74) is 1.11. The van der Waals surface area contributed by atoms with E-state index in [-0.39, 0.29) is 0 Å². The molecule has 1 aromatic rings. The number of benzene rings is 1. The molecule has 0 fully saturated rings. The third-order valence-electron chi connectivity index (χ3n) is 1.23. The van der Waals surface area contributed by atoms with Gasteiger partial charge in [0.25, 0.3) is 0 Å². The molecule has 1 rings (SSSR count). The van der Waals surface area contributed by atoms with Crippen molar-refractivity contribution in [2.24, 2.45) is 0 Å². The van der Waals surface area contributed by atoms with Crippen LogP contribution in [0.2, 0.25) is 5.02 Å². The van der Waals surface area contributed by atoms with E-state index >= 15 is 0 Å². The highest BCUT2D eigenvalue weighted by atomic mass is 127. The Morgan fingerprint density at radius 3 is 2.64 bits per heavy atom. The first-order chi connectivity index (χ1) is 5.15. The summed E-state index contributed by atoms with van der Waals surface area (Å²) in [4.78, 5) is 0. The predicted molar refractivity (Wildman–Crippen MR) is 64.5 cm³/mol. The van der Waals surface area contributed by atoms with Crippen molar-refractivity contribution >= 4 is 66.1 Å². The fourth-order valence-corrected chi connectivity index (χ4v) is 2.56. The van der Waals surface area contributed by atoms with Crippen LogP contribution in [0.3, 0.4) is 0 Å². The molecule has 0 atom stereocenters. The second-order valence-electron chi connectivity index (χ2n) is 1.99. The molecule has 0 N–H and O–H groups in total. The molecular formula is C7H4Br2ClI. The zero-order valence-electron chi connectivity index (χ0n) is 5.37. The van der Waals surface area contributed by atoms with Crippen molar-refractivity contribution < 1.29 is 0 Å². The molecule has 1 aromatic carbocycles. The van der Waals surface area contributed by atoms with Crippen LogP contribution in [-0.2, 0) is 5.33 Å². The van der Waals surface area contributed by atoms with E-state index in [0.29, 0.717) is 0 Å². The number of alkyl halides is 1. The summed E-state index contributed by atoms with van der Waals surface area (Å²) in [7, 11) is 0. The molecule has 0 unspecified atom stereocenters. The Morgan fingerprint density at radius 2 is 2.09 bits per heavy atom. The molecule has 0 saturated heterocycles. The topological polar surface area (TPSA) is 0 Å². The van der Waals surface area contributed by atoms with Crippen molar-refractivity contribution in [2.75, 3.05) is 0 Å². The Labute approximate surface area is 101 Å². The minimum atomic E-state index is 0.793. The molecule has 0 radical (unpaired) electrons. The molecule has 0 aliphatic rings. The van der Waals surface area contributed by atoms with Crippen molar-refractivity contribution in [2.45, 2.75) is 5.33 Å². The first-order valence-corrected chi connectivity index (χ1v) is 6.21. The van der Waals surface area contributed by atoms with Gasteiger partial charge < -0.3 is 0 Å². The summed E-state index contributed by atoms with van der Waals surface area (Å²) in [5.74, 6) is 0. The van der Waals surface area contributed by atoms with Crippen molar-refractivity contribution in [3.05, 3.63) is 30.8 Å². The Hall–Kier alpha value is 1.20. The van der Waals surface area contributed by atoms with Gasteiger partial charge in [0.2, 0.25) is 0 Å². The Morgan fingerprint density at radius 1 is 1.45 bits per heavy atom. The van der Waals surface area contributed by atoms with Gasteiger partial charge in [-0.05, 0) is 56.2 Å². The maximum Gasteiger partial charge on any atom is 0.0457 e. The van der Waals surface area contributed by atoms with Gasteiger partial charge in [-0.25, -0.2) is 0 Å². The molecule has 0 amide bonds. The van der Waals surface area contributed by atoms with E-state index in [2.05, 4.69) is 54.5 Å². The van der Waals surface area contributed by atoms with Crippen LogP contribution in [0.15, 0.2) is 16.6 Å². The summed E-state index contributed by atoms with van der Waals surface area (Å²) in [5, 5.41) is 1.61. The van der Waals surface area contributed by atoms with E-state index in [1.165, 1.54) is 0 Å². The van der Waals surface area contributed by atoms with Gasteiger partial charge in [0.05, 0.1) is 0 Å². The molecule has 0 aromatic heterocycles. The third kappa shape index (κ3) is 2.57. The van der Waals surface area contributed by atoms with Crippen LogP contribution < -0.4 is 0 Å². The lowest BCUT2D eigenvalue weighted by Crippen LogP contribution is -1.82. The first kappa shape index (κ1) is 10.3. The van der Waals surface area contributed by atoms with Crippen molar-refractivity contribution in [3.8, 4) is 0 Å². The van der Waals surface area contributed by atoms with Crippen molar-refractivity contribution in [3.63, 3.8) is 0 Å². The fourth-order valence-electron chi connectivity index (χ4n) is 0.666. The lowest BCUT2D eigenvalue weighted by Gasteiger charge is -2.02. The van der Waals surface area contributed by atoms with Crippen LogP contribution in [0.4, 0.5) is 0 Å².